The van der Waals surface area contributed by atoms with Crippen LogP contribution in [0.3, 0.4) is 0 Å². The number of hydrogen-bond donors (Lipinski definition) is 0. The normalized spacial score (nSPS) is 18.4. The smallest absolute Gasteiger partial charge is 0.297 e. The second-order valence-corrected chi connectivity index (χ2v) is 12.5. The van der Waals surface area contributed by atoms with Crippen LogP contribution >= 0.6 is 28.7 Å². The van der Waals surface area contributed by atoms with Gasteiger partial charge in [-0.25, -0.2) is 0 Å². The van der Waals surface area contributed by atoms with Crippen molar-refractivity contribution >= 4 is 40.5 Å². The molecule has 1 atom stereocenters. The zero-order valence-electron chi connectivity index (χ0n) is 13.3. The molecule has 0 radical (unpaired) electrons. The fraction of sp³-hybridized carbons (Fsp3) is 0.600. The van der Waals surface area contributed by atoms with Crippen LogP contribution in [0.2, 0.25) is 5.02 Å². The van der Waals surface area contributed by atoms with E-state index in [2.05, 4.69) is 20.8 Å². The van der Waals surface area contributed by atoms with Crippen LogP contribution in [-0.4, -0.2) is 18.0 Å². The summed E-state index contributed by atoms with van der Waals surface area (Å²) in [6.07, 6.45) is 1.83. The molecule has 0 fully saturated rings. The van der Waals surface area contributed by atoms with Gasteiger partial charge < -0.3 is 13.8 Å². The van der Waals surface area contributed by atoms with E-state index in [4.69, 9.17) is 37.2 Å². The highest BCUT2D eigenvalue weighted by molar-refractivity contribution is 8.68. The number of benzene rings is 1. The summed E-state index contributed by atoms with van der Waals surface area (Å²) in [5.74, 6) is 2.26. The molecule has 1 aliphatic heterocycles. The van der Waals surface area contributed by atoms with Gasteiger partial charge in [0.25, 0.3) is 5.69 Å². The maximum atomic E-state index is 6.23. The van der Waals surface area contributed by atoms with Gasteiger partial charge in [-0.3, -0.25) is 0 Å². The van der Waals surface area contributed by atoms with E-state index in [-0.39, 0.29) is 5.60 Å². The molecule has 1 heterocycles. The van der Waals surface area contributed by atoms with E-state index in [1.165, 1.54) is 0 Å². The first kappa shape index (κ1) is 18.4. The van der Waals surface area contributed by atoms with Crippen molar-refractivity contribution in [3.63, 3.8) is 0 Å². The molecule has 2 rings (SSSR count). The fourth-order valence-corrected chi connectivity index (χ4v) is 7.18. The minimum absolute atomic E-state index is 0.254. The lowest BCUT2D eigenvalue weighted by Gasteiger charge is -2.23. The topological polar surface area (TPSA) is 27.7 Å². The first-order valence-electron chi connectivity index (χ1n) is 7.39. The number of fused-ring (bicyclic) bond motifs is 1. The largest absolute Gasteiger partial charge is 0.483 e. The average molecular weight is 381 g/mol. The van der Waals surface area contributed by atoms with Gasteiger partial charge in [0.1, 0.15) is 5.60 Å². The van der Waals surface area contributed by atoms with Crippen LogP contribution in [0.1, 0.15) is 39.7 Å². The molecular weight excluding hydrogens is 359 g/mol. The van der Waals surface area contributed by atoms with Crippen LogP contribution < -0.4 is 9.26 Å². The monoisotopic (exact) mass is 380 g/mol. The summed E-state index contributed by atoms with van der Waals surface area (Å²) in [6.45, 7) is 8.67. The van der Waals surface area contributed by atoms with Crippen LogP contribution in [0.15, 0.2) is 12.1 Å². The van der Waals surface area contributed by atoms with E-state index >= 15 is 0 Å². The predicted octanol–water partition coefficient (Wildman–Crippen LogP) is 5.84. The van der Waals surface area contributed by atoms with Crippen LogP contribution in [-0.2, 0) is 22.8 Å². The summed E-state index contributed by atoms with van der Waals surface area (Å²) in [5, 5.41) is 0.633. The van der Waals surface area contributed by atoms with Gasteiger partial charge >= 0.3 is 0 Å². The summed E-state index contributed by atoms with van der Waals surface area (Å²) in [4.78, 5) is 0. The van der Waals surface area contributed by atoms with Crippen LogP contribution in [0.5, 0.6) is 11.5 Å². The zero-order valence-corrected chi connectivity index (χ0v) is 16.6. The molecule has 0 saturated heterocycles. The Balaban J connectivity index is 2.31. The lowest BCUT2D eigenvalue weighted by Crippen LogP contribution is -2.24. The Hall–Kier alpha value is 0.0700. The first-order chi connectivity index (χ1) is 10.3. The third-order valence-corrected chi connectivity index (χ3v) is 8.69. The Kier molecular flexibility index (Phi) is 6.12. The molecule has 0 aliphatic carbocycles. The molecule has 1 aromatic carbocycles. The highest BCUT2D eigenvalue weighted by Gasteiger charge is 2.34. The Morgan fingerprint density at radius 2 is 2.14 bits per heavy atom. The molecule has 22 heavy (non-hydrogen) atoms. The molecule has 0 aromatic heterocycles. The Morgan fingerprint density at radius 1 is 1.41 bits per heavy atom. The van der Waals surface area contributed by atoms with Crippen molar-refractivity contribution in [1.82, 2.24) is 0 Å². The average Bonchev–Trinajstić information content (AvgIpc) is 2.71. The molecule has 0 bridgehead atoms. The van der Waals surface area contributed by atoms with Crippen molar-refractivity contribution in [2.24, 2.45) is 0 Å². The molecule has 0 spiro atoms. The predicted molar refractivity (Wildman–Crippen MR) is 99.2 cm³/mol. The summed E-state index contributed by atoms with van der Waals surface area (Å²) < 4.78 is 17.9. The van der Waals surface area contributed by atoms with Crippen molar-refractivity contribution in [2.75, 3.05) is 12.4 Å². The molecule has 1 unspecified atom stereocenters. The van der Waals surface area contributed by atoms with E-state index in [1.54, 1.807) is 17.4 Å². The summed E-state index contributed by atoms with van der Waals surface area (Å²) in [5.41, 5.74) is -1.63. The van der Waals surface area contributed by atoms with Crippen LogP contribution in [0, 0.1) is 0 Å². The van der Waals surface area contributed by atoms with Gasteiger partial charge in [0, 0.05) is 28.8 Å². The lowest BCUT2D eigenvalue weighted by molar-refractivity contribution is 0.135. The minimum Gasteiger partial charge on any atom is -0.483 e. The molecule has 0 saturated carbocycles. The van der Waals surface area contributed by atoms with Crippen molar-refractivity contribution in [3.05, 3.63) is 22.7 Å². The molecular formula is C15H22ClO3PS2. The van der Waals surface area contributed by atoms with E-state index in [0.717, 1.165) is 29.9 Å². The van der Waals surface area contributed by atoms with Crippen molar-refractivity contribution < 1.29 is 13.8 Å². The van der Waals surface area contributed by atoms with Crippen LogP contribution in [0.25, 0.3) is 0 Å². The van der Waals surface area contributed by atoms with E-state index in [9.17, 15) is 0 Å². The van der Waals surface area contributed by atoms with Gasteiger partial charge in [0.15, 0.2) is 11.5 Å². The van der Waals surface area contributed by atoms with E-state index in [0.29, 0.717) is 17.4 Å². The minimum atomic E-state index is -2.44. The second kappa shape index (κ2) is 7.31. The Bertz CT molecular complexity index is 592. The van der Waals surface area contributed by atoms with Gasteiger partial charge in [-0.15, -0.1) is 0 Å². The van der Waals surface area contributed by atoms with Crippen LogP contribution in [0.4, 0.5) is 0 Å². The number of halogens is 1. The zero-order chi connectivity index (χ0) is 16.4. The van der Waals surface area contributed by atoms with Crippen molar-refractivity contribution in [1.29, 1.82) is 0 Å². The van der Waals surface area contributed by atoms with Gasteiger partial charge in [0.2, 0.25) is 0 Å². The number of hydrogen-bond acceptors (Lipinski definition) is 5. The van der Waals surface area contributed by atoms with Crippen molar-refractivity contribution in [3.8, 4) is 11.5 Å². The van der Waals surface area contributed by atoms with Gasteiger partial charge in [-0.05, 0) is 45.1 Å². The number of ether oxygens (including phenoxy) is 1. The molecule has 1 aliphatic rings. The summed E-state index contributed by atoms with van der Waals surface area (Å²) >= 11 is 13.5. The third-order valence-electron chi connectivity index (χ3n) is 3.04. The van der Waals surface area contributed by atoms with E-state index in [1.807, 2.05) is 13.0 Å². The lowest BCUT2D eigenvalue weighted by atomic mass is 10.0. The van der Waals surface area contributed by atoms with Crippen molar-refractivity contribution in [2.45, 2.75) is 46.1 Å². The first-order valence-corrected chi connectivity index (χ1v) is 12.0. The highest BCUT2D eigenvalue weighted by atomic mass is 35.5. The molecule has 1 aromatic rings. The highest BCUT2D eigenvalue weighted by Crippen LogP contribution is 2.62. The quantitative estimate of drug-likeness (QED) is 0.554. The Labute approximate surface area is 147 Å². The third kappa shape index (κ3) is 4.55. The SMILES string of the molecule is CCCSP(=S)(OCC)Oc1cc(Cl)cc2c1OC(C)(C)C2. The number of rotatable bonds is 7. The summed E-state index contributed by atoms with van der Waals surface area (Å²) in [7, 11) is 0. The van der Waals surface area contributed by atoms with E-state index < -0.39 is 5.69 Å². The standard InChI is InChI=1S/C15H22ClO3PS2/c1-5-7-22-20(21,17-6-2)19-13-9-12(16)8-11-10-15(3,4)18-14(11)13/h8-9H,5-7,10H2,1-4H3. The molecule has 124 valence electrons. The van der Waals surface area contributed by atoms with Gasteiger partial charge in [-0.2, -0.15) is 0 Å². The molecule has 3 nitrogen and oxygen atoms in total. The van der Waals surface area contributed by atoms with Gasteiger partial charge in [-0.1, -0.05) is 29.9 Å². The maximum absolute atomic E-state index is 6.23. The molecule has 7 heteroatoms. The molecule has 0 amide bonds. The fourth-order valence-electron chi connectivity index (χ4n) is 2.28. The Morgan fingerprint density at radius 3 is 2.77 bits per heavy atom. The summed E-state index contributed by atoms with van der Waals surface area (Å²) in [6, 6.07) is 3.70. The second-order valence-electron chi connectivity index (χ2n) is 5.72. The molecule has 0 N–H and O–H groups in total. The van der Waals surface area contributed by atoms with Gasteiger partial charge in [0.05, 0.1) is 6.61 Å². The maximum Gasteiger partial charge on any atom is 0.297 e.